The van der Waals surface area contributed by atoms with Crippen LogP contribution >= 0.6 is 0 Å². The van der Waals surface area contributed by atoms with E-state index in [1.54, 1.807) is 0 Å². The first-order valence-electron chi connectivity index (χ1n) is 8.62. The Morgan fingerprint density at radius 1 is 0.385 bits per heavy atom. The molecule has 0 aliphatic heterocycles. The van der Waals surface area contributed by atoms with Crippen LogP contribution < -0.4 is 11.5 Å². The smallest absolute Gasteiger partial charge is 0.0320 e. The fourth-order valence-electron chi connectivity index (χ4n) is 3.19. The quantitative estimate of drug-likeness (QED) is 0.461. The Morgan fingerprint density at radius 2 is 0.885 bits per heavy atom. The van der Waals surface area contributed by atoms with Gasteiger partial charge in [0.25, 0.3) is 0 Å². The molecular weight excluding hydrogens is 316 g/mol. The van der Waals surface area contributed by atoms with Gasteiger partial charge in [-0.3, -0.25) is 0 Å². The van der Waals surface area contributed by atoms with Gasteiger partial charge in [-0.15, -0.1) is 0 Å². The van der Waals surface area contributed by atoms with E-state index in [2.05, 4.69) is 54.6 Å². The summed E-state index contributed by atoms with van der Waals surface area (Å²) < 4.78 is 0. The Labute approximate surface area is 153 Å². The average Bonchev–Trinajstić information content (AvgIpc) is 2.70. The molecule has 0 saturated carbocycles. The van der Waals surface area contributed by atoms with Crippen molar-refractivity contribution >= 4 is 11.4 Å². The summed E-state index contributed by atoms with van der Waals surface area (Å²) in [6.07, 6.45) is 0. The van der Waals surface area contributed by atoms with Crippen LogP contribution in [0.25, 0.3) is 33.4 Å². The van der Waals surface area contributed by atoms with Gasteiger partial charge in [0.05, 0.1) is 0 Å². The fourth-order valence-corrected chi connectivity index (χ4v) is 3.19. The van der Waals surface area contributed by atoms with Crippen LogP contribution in [0.2, 0.25) is 0 Å². The first-order valence-corrected chi connectivity index (χ1v) is 8.62. The van der Waals surface area contributed by atoms with Crippen molar-refractivity contribution in [1.82, 2.24) is 0 Å². The van der Waals surface area contributed by atoms with E-state index in [4.69, 9.17) is 11.5 Å². The second kappa shape index (κ2) is 6.77. The van der Waals surface area contributed by atoms with Gasteiger partial charge in [0, 0.05) is 11.4 Å². The largest absolute Gasteiger partial charge is 0.399 e. The van der Waals surface area contributed by atoms with Crippen molar-refractivity contribution in [3.63, 3.8) is 0 Å². The SMILES string of the molecule is Nc1ccc(-c2ccc(N)cc2-c2ccc(-c3ccccc3)cc2)cc1. The van der Waals surface area contributed by atoms with Crippen LogP contribution in [0, 0.1) is 0 Å². The second-order valence-electron chi connectivity index (χ2n) is 6.37. The van der Waals surface area contributed by atoms with Gasteiger partial charge < -0.3 is 11.5 Å². The molecule has 0 amide bonds. The third-order valence-corrected chi connectivity index (χ3v) is 4.57. The van der Waals surface area contributed by atoms with Crippen molar-refractivity contribution in [1.29, 1.82) is 0 Å². The van der Waals surface area contributed by atoms with Crippen molar-refractivity contribution < 1.29 is 0 Å². The number of nitrogen functional groups attached to an aromatic ring is 2. The minimum absolute atomic E-state index is 0.756. The van der Waals surface area contributed by atoms with Crippen molar-refractivity contribution in [3.05, 3.63) is 97.1 Å². The number of hydrogen-bond acceptors (Lipinski definition) is 2. The fraction of sp³-hybridized carbons (Fsp3) is 0. The molecule has 0 aliphatic rings. The first-order chi connectivity index (χ1) is 12.7. The third kappa shape index (κ3) is 3.17. The molecule has 2 heteroatoms. The van der Waals surface area contributed by atoms with Gasteiger partial charge in [-0.1, -0.05) is 72.8 Å². The van der Waals surface area contributed by atoms with E-state index in [0.29, 0.717) is 0 Å². The molecule has 0 atom stereocenters. The van der Waals surface area contributed by atoms with Crippen molar-refractivity contribution in [2.24, 2.45) is 0 Å². The number of hydrogen-bond donors (Lipinski definition) is 2. The maximum absolute atomic E-state index is 6.07. The Kier molecular flexibility index (Phi) is 4.16. The summed E-state index contributed by atoms with van der Waals surface area (Å²) in [6, 6.07) is 33.0. The molecule has 0 unspecified atom stereocenters. The van der Waals surface area contributed by atoms with E-state index < -0.39 is 0 Å². The van der Waals surface area contributed by atoms with Crippen LogP contribution in [0.15, 0.2) is 97.1 Å². The number of rotatable bonds is 3. The number of nitrogens with two attached hydrogens (primary N) is 2. The predicted octanol–water partition coefficient (Wildman–Crippen LogP) is 5.85. The topological polar surface area (TPSA) is 52.0 Å². The molecule has 0 aromatic heterocycles. The highest BCUT2D eigenvalue weighted by atomic mass is 14.5. The maximum Gasteiger partial charge on any atom is 0.0320 e. The summed E-state index contributed by atoms with van der Waals surface area (Å²) in [5, 5.41) is 0. The molecule has 0 spiro atoms. The lowest BCUT2D eigenvalue weighted by atomic mass is 9.93. The molecule has 4 aromatic rings. The molecule has 0 aliphatic carbocycles. The summed E-state index contributed by atoms with van der Waals surface area (Å²) in [5.41, 5.74) is 20.4. The van der Waals surface area contributed by atoms with E-state index in [0.717, 1.165) is 33.6 Å². The molecule has 0 bridgehead atoms. The molecule has 26 heavy (non-hydrogen) atoms. The summed E-state index contributed by atoms with van der Waals surface area (Å²) in [6.45, 7) is 0. The summed E-state index contributed by atoms with van der Waals surface area (Å²) in [5.74, 6) is 0. The second-order valence-corrected chi connectivity index (χ2v) is 6.37. The van der Waals surface area contributed by atoms with Crippen LogP contribution in [-0.4, -0.2) is 0 Å². The Hall–Kier alpha value is -3.52. The Balaban J connectivity index is 1.78. The molecule has 4 N–H and O–H groups in total. The van der Waals surface area contributed by atoms with E-state index in [1.807, 2.05) is 42.5 Å². The lowest BCUT2D eigenvalue weighted by Crippen LogP contribution is -1.91. The molecule has 0 heterocycles. The van der Waals surface area contributed by atoms with E-state index >= 15 is 0 Å². The molecule has 4 rings (SSSR count). The van der Waals surface area contributed by atoms with Crippen LogP contribution in [0.4, 0.5) is 11.4 Å². The van der Waals surface area contributed by atoms with E-state index in [9.17, 15) is 0 Å². The molecule has 0 saturated heterocycles. The summed E-state index contributed by atoms with van der Waals surface area (Å²) >= 11 is 0. The normalized spacial score (nSPS) is 10.6. The molecule has 0 radical (unpaired) electrons. The summed E-state index contributed by atoms with van der Waals surface area (Å²) in [4.78, 5) is 0. The zero-order valence-electron chi connectivity index (χ0n) is 14.4. The van der Waals surface area contributed by atoms with Crippen molar-refractivity contribution in [3.8, 4) is 33.4 Å². The zero-order valence-corrected chi connectivity index (χ0v) is 14.4. The first kappa shape index (κ1) is 16.0. The van der Waals surface area contributed by atoms with Gasteiger partial charge in [0.15, 0.2) is 0 Å². The van der Waals surface area contributed by atoms with Gasteiger partial charge in [-0.25, -0.2) is 0 Å². The summed E-state index contributed by atoms with van der Waals surface area (Å²) in [7, 11) is 0. The maximum atomic E-state index is 6.07. The molecule has 126 valence electrons. The van der Waals surface area contributed by atoms with Gasteiger partial charge in [-0.05, 0) is 57.6 Å². The molecule has 0 fully saturated rings. The van der Waals surface area contributed by atoms with Crippen LogP contribution in [0.5, 0.6) is 0 Å². The Bertz CT molecular complexity index is 1020. The highest BCUT2D eigenvalue weighted by Gasteiger charge is 2.09. The minimum Gasteiger partial charge on any atom is -0.399 e. The highest BCUT2D eigenvalue weighted by molar-refractivity contribution is 5.86. The van der Waals surface area contributed by atoms with Gasteiger partial charge >= 0.3 is 0 Å². The van der Waals surface area contributed by atoms with E-state index in [1.165, 1.54) is 11.1 Å². The van der Waals surface area contributed by atoms with Gasteiger partial charge in [0.1, 0.15) is 0 Å². The number of benzene rings is 4. The lowest BCUT2D eigenvalue weighted by Gasteiger charge is -2.12. The van der Waals surface area contributed by atoms with Crippen LogP contribution in [-0.2, 0) is 0 Å². The van der Waals surface area contributed by atoms with Crippen LogP contribution in [0.3, 0.4) is 0 Å². The monoisotopic (exact) mass is 336 g/mol. The molecular formula is C24H20N2. The molecule has 4 aromatic carbocycles. The lowest BCUT2D eigenvalue weighted by molar-refractivity contribution is 1.56. The van der Waals surface area contributed by atoms with Crippen molar-refractivity contribution in [2.45, 2.75) is 0 Å². The average molecular weight is 336 g/mol. The predicted molar refractivity (Wildman–Crippen MR) is 112 cm³/mol. The third-order valence-electron chi connectivity index (χ3n) is 4.57. The zero-order chi connectivity index (χ0) is 17.9. The van der Waals surface area contributed by atoms with Crippen LogP contribution in [0.1, 0.15) is 0 Å². The minimum atomic E-state index is 0.756. The van der Waals surface area contributed by atoms with Gasteiger partial charge in [-0.2, -0.15) is 0 Å². The standard InChI is InChI=1S/C24H20N2/c25-21-12-10-19(11-13-21)23-15-14-22(26)16-24(23)20-8-6-18(7-9-20)17-4-2-1-3-5-17/h1-16H,25-26H2. The number of anilines is 2. The highest BCUT2D eigenvalue weighted by Crippen LogP contribution is 2.35. The Morgan fingerprint density at radius 3 is 1.58 bits per heavy atom. The van der Waals surface area contributed by atoms with E-state index in [-0.39, 0.29) is 0 Å². The van der Waals surface area contributed by atoms with Crippen molar-refractivity contribution in [2.75, 3.05) is 11.5 Å². The molecule has 2 nitrogen and oxygen atoms in total. The van der Waals surface area contributed by atoms with Gasteiger partial charge in [0.2, 0.25) is 0 Å².